The van der Waals surface area contributed by atoms with Crippen LogP contribution in [0.1, 0.15) is 12.5 Å². The first kappa shape index (κ1) is 14.9. The van der Waals surface area contributed by atoms with E-state index in [0.29, 0.717) is 6.04 Å². The van der Waals surface area contributed by atoms with Crippen LogP contribution in [0.3, 0.4) is 0 Å². The highest BCUT2D eigenvalue weighted by Crippen LogP contribution is 2.20. The molecular weight excluding hydrogens is 266 g/mol. The van der Waals surface area contributed by atoms with E-state index in [0.717, 1.165) is 30.0 Å². The summed E-state index contributed by atoms with van der Waals surface area (Å²) < 4.78 is 0. The van der Waals surface area contributed by atoms with E-state index in [1.165, 1.54) is 4.90 Å². The Labute approximate surface area is 125 Å². The van der Waals surface area contributed by atoms with Crippen LogP contribution < -0.4 is 11.1 Å². The van der Waals surface area contributed by atoms with E-state index < -0.39 is 0 Å². The number of rotatable bonds is 7. The summed E-state index contributed by atoms with van der Waals surface area (Å²) in [6.07, 6.45) is 4.51. The van der Waals surface area contributed by atoms with Crippen LogP contribution >= 0.6 is 11.8 Å². The summed E-state index contributed by atoms with van der Waals surface area (Å²) in [4.78, 5) is 5.46. The van der Waals surface area contributed by atoms with Crippen molar-refractivity contribution in [1.29, 1.82) is 0 Å². The molecule has 0 amide bonds. The maximum atomic E-state index is 6.00. The lowest BCUT2D eigenvalue weighted by molar-refractivity contribution is 0.572. The normalized spacial score (nSPS) is 12.2. The van der Waals surface area contributed by atoms with Crippen LogP contribution in [0.15, 0.2) is 53.7 Å². The molecule has 0 fully saturated rings. The summed E-state index contributed by atoms with van der Waals surface area (Å²) in [5.74, 6) is 1.02. The molecule has 1 aromatic heterocycles. The Balaban J connectivity index is 1.95. The highest BCUT2D eigenvalue weighted by Gasteiger charge is 2.11. The molecule has 106 valence electrons. The van der Waals surface area contributed by atoms with Crippen LogP contribution in [0.2, 0.25) is 0 Å². The maximum Gasteiger partial charge on any atom is 0.0378 e. The van der Waals surface area contributed by atoms with Crippen molar-refractivity contribution < 1.29 is 0 Å². The van der Waals surface area contributed by atoms with Crippen LogP contribution in [-0.4, -0.2) is 23.3 Å². The molecule has 4 heteroatoms. The Morgan fingerprint density at radius 3 is 2.75 bits per heavy atom. The fourth-order valence-electron chi connectivity index (χ4n) is 2.07. The first-order chi connectivity index (χ1) is 9.79. The zero-order valence-electron chi connectivity index (χ0n) is 11.8. The molecule has 0 spiro atoms. The molecule has 20 heavy (non-hydrogen) atoms. The predicted octanol–water partition coefficient (Wildman–Crippen LogP) is 2.98. The number of likely N-dealkylation sites (N-methyl/N-ethyl adjacent to an activating group) is 1. The Morgan fingerprint density at radius 1 is 1.25 bits per heavy atom. The number of anilines is 1. The van der Waals surface area contributed by atoms with Gasteiger partial charge in [0, 0.05) is 34.8 Å². The first-order valence-electron chi connectivity index (χ1n) is 6.89. The standard InChI is InChI=1S/C16H21N3S/c1-2-19-14(10-13-11-18-9-8-16(13)17)12-20-15-6-4-3-5-7-15/h3-9,11,14,19H,2,10,12H2,1H3,(H2,17,18). The fraction of sp³-hybridized carbons (Fsp3) is 0.312. The number of nitrogen functional groups attached to an aromatic ring is 1. The van der Waals surface area contributed by atoms with Crippen molar-refractivity contribution in [2.24, 2.45) is 0 Å². The number of nitrogens with zero attached hydrogens (tertiary/aromatic N) is 1. The molecule has 0 aliphatic carbocycles. The van der Waals surface area contributed by atoms with Crippen molar-refractivity contribution >= 4 is 17.4 Å². The van der Waals surface area contributed by atoms with Gasteiger partial charge in [-0.3, -0.25) is 4.98 Å². The van der Waals surface area contributed by atoms with Gasteiger partial charge >= 0.3 is 0 Å². The van der Waals surface area contributed by atoms with Gasteiger partial charge in [-0.15, -0.1) is 11.8 Å². The van der Waals surface area contributed by atoms with Crippen LogP contribution in [0.5, 0.6) is 0 Å². The predicted molar refractivity (Wildman–Crippen MR) is 87.0 cm³/mol. The molecular formula is C16H21N3S. The molecule has 0 aliphatic heterocycles. The topological polar surface area (TPSA) is 50.9 Å². The fourth-order valence-corrected chi connectivity index (χ4v) is 3.05. The van der Waals surface area contributed by atoms with Crippen LogP contribution in [-0.2, 0) is 6.42 Å². The Hall–Kier alpha value is -1.52. The molecule has 0 saturated heterocycles. The third kappa shape index (κ3) is 4.54. The van der Waals surface area contributed by atoms with Crippen LogP contribution in [0.25, 0.3) is 0 Å². The Morgan fingerprint density at radius 2 is 2.05 bits per heavy atom. The summed E-state index contributed by atoms with van der Waals surface area (Å²) in [6.45, 7) is 3.09. The second kappa shape index (κ2) is 7.92. The first-order valence-corrected chi connectivity index (χ1v) is 7.87. The monoisotopic (exact) mass is 287 g/mol. The van der Waals surface area contributed by atoms with Gasteiger partial charge in [-0.1, -0.05) is 25.1 Å². The van der Waals surface area contributed by atoms with Gasteiger partial charge in [-0.2, -0.15) is 0 Å². The molecule has 1 unspecified atom stereocenters. The molecule has 2 aromatic rings. The van der Waals surface area contributed by atoms with E-state index in [9.17, 15) is 0 Å². The second-order valence-electron chi connectivity index (χ2n) is 4.66. The Kier molecular flexibility index (Phi) is 5.89. The summed E-state index contributed by atoms with van der Waals surface area (Å²) >= 11 is 1.87. The van der Waals surface area contributed by atoms with Gasteiger partial charge in [-0.05, 0) is 36.7 Å². The van der Waals surface area contributed by atoms with E-state index in [-0.39, 0.29) is 0 Å². The number of nitrogens with two attached hydrogens (primary N) is 1. The van der Waals surface area contributed by atoms with Gasteiger partial charge in [0.2, 0.25) is 0 Å². The van der Waals surface area contributed by atoms with Crippen molar-refractivity contribution in [3.63, 3.8) is 0 Å². The average molecular weight is 287 g/mol. The molecule has 0 saturated carbocycles. The third-order valence-corrected chi connectivity index (χ3v) is 4.27. The molecule has 1 atom stereocenters. The summed E-state index contributed by atoms with van der Waals surface area (Å²) in [7, 11) is 0. The third-order valence-electron chi connectivity index (χ3n) is 3.09. The number of aromatic nitrogens is 1. The number of benzene rings is 1. The lowest BCUT2D eigenvalue weighted by Crippen LogP contribution is -2.33. The van der Waals surface area contributed by atoms with Crippen molar-refractivity contribution in [1.82, 2.24) is 10.3 Å². The molecule has 0 aliphatic rings. The van der Waals surface area contributed by atoms with E-state index in [1.54, 1.807) is 6.20 Å². The van der Waals surface area contributed by atoms with Crippen molar-refractivity contribution in [3.05, 3.63) is 54.4 Å². The minimum Gasteiger partial charge on any atom is -0.398 e. The number of pyridine rings is 1. The van der Waals surface area contributed by atoms with E-state index in [1.807, 2.05) is 30.1 Å². The minimum absolute atomic E-state index is 0.400. The smallest absolute Gasteiger partial charge is 0.0378 e. The van der Waals surface area contributed by atoms with E-state index in [2.05, 4.69) is 41.5 Å². The van der Waals surface area contributed by atoms with Crippen molar-refractivity contribution in [3.8, 4) is 0 Å². The van der Waals surface area contributed by atoms with Crippen molar-refractivity contribution in [2.75, 3.05) is 18.0 Å². The summed E-state index contributed by atoms with van der Waals surface area (Å²) in [5, 5.41) is 3.52. The molecule has 0 radical (unpaired) electrons. The van der Waals surface area contributed by atoms with Gasteiger partial charge in [0.05, 0.1) is 0 Å². The van der Waals surface area contributed by atoms with E-state index in [4.69, 9.17) is 5.73 Å². The van der Waals surface area contributed by atoms with Crippen LogP contribution in [0.4, 0.5) is 5.69 Å². The molecule has 1 aromatic carbocycles. The van der Waals surface area contributed by atoms with Gasteiger partial charge < -0.3 is 11.1 Å². The summed E-state index contributed by atoms with van der Waals surface area (Å²) in [6, 6.07) is 12.7. The number of nitrogens with one attached hydrogen (secondary N) is 1. The Bertz CT molecular complexity index is 516. The maximum absolute atomic E-state index is 6.00. The van der Waals surface area contributed by atoms with Gasteiger partial charge in [0.1, 0.15) is 0 Å². The molecule has 3 nitrogen and oxygen atoms in total. The summed E-state index contributed by atoms with van der Waals surface area (Å²) in [5.41, 5.74) is 7.94. The highest BCUT2D eigenvalue weighted by molar-refractivity contribution is 7.99. The van der Waals surface area contributed by atoms with Crippen LogP contribution in [0, 0.1) is 0 Å². The zero-order valence-corrected chi connectivity index (χ0v) is 12.6. The lowest BCUT2D eigenvalue weighted by Gasteiger charge is -2.18. The molecule has 3 N–H and O–H groups in total. The minimum atomic E-state index is 0.400. The molecule has 0 bridgehead atoms. The van der Waals surface area contributed by atoms with E-state index >= 15 is 0 Å². The highest BCUT2D eigenvalue weighted by atomic mass is 32.2. The largest absolute Gasteiger partial charge is 0.398 e. The lowest BCUT2D eigenvalue weighted by atomic mass is 10.1. The second-order valence-corrected chi connectivity index (χ2v) is 5.75. The molecule has 2 rings (SSSR count). The van der Waals surface area contributed by atoms with Crippen molar-refractivity contribution in [2.45, 2.75) is 24.3 Å². The van der Waals surface area contributed by atoms with Gasteiger partial charge in [0.15, 0.2) is 0 Å². The molecule has 1 heterocycles. The number of thioether (sulfide) groups is 1. The quantitative estimate of drug-likeness (QED) is 0.769. The average Bonchev–Trinajstić information content (AvgIpc) is 2.48. The van der Waals surface area contributed by atoms with Gasteiger partial charge in [0.25, 0.3) is 0 Å². The van der Waals surface area contributed by atoms with Gasteiger partial charge in [-0.25, -0.2) is 0 Å². The number of hydrogen-bond donors (Lipinski definition) is 2. The zero-order chi connectivity index (χ0) is 14.2. The SMILES string of the molecule is CCNC(CSc1ccccc1)Cc1cnccc1N. The number of hydrogen-bond acceptors (Lipinski definition) is 4.